The molecule has 1 aliphatic rings. The Morgan fingerprint density at radius 2 is 2.14 bits per heavy atom. The van der Waals surface area contributed by atoms with Crippen LogP contribution in [-0.4, -0.2) is 37.4 Å². The van der Waals surface area contributed by atoms with Gasteiger partial charge in [0.05, 0.1) is 30.3 Å². The maximum absolute atomic E-state index is 13.8. The minimum atomic E-state index is -1.32. The molecule has 4 atom stereocenters. The van der Waals surface area contributed by atoms with Gasteiger partial charge in [0.15, 0.2) is 0 Å². The number of rotatable bonds is 8. The van der Waals surface area contributed by atoms with Gasteiger partial charge in [-0.15, -0.1) is 0 Å². The molecule has 0 fully saturated rings. The molecule has 0 radical (unpaired) electrons. The normalized spacial score (nSPS) is 25.1. The highest BCUT2D eigenvalue weighted by Crippen LogP contribution is 2.53. The van der Waals surface area contributed by atoms with Crippen LogP contribution < -0.4 is 10.1 Å². The smallest absolute Gasteiger partial charge is 0.312 e. The summed E-state index contributed by atoms with van der Waals surface area (Å²) in [7, 11) is 2.99. The number of aliphatic carboxylic acids is 1. The molecule has 6 nitrogen and oxygen atoms in total. The van der Waals surface area contributed by atoms with Gasteiger partial charge in [-0.2, -0.15) is 5.26 Å². The van der Waals surface area contributed by atoms with Crippen molar-refractivity contribution in [3.8, 4) is 11.8 Å². The van der Waals surface area contributed by atoms with Gasteiger partial charge in [-0.25, -0.2) is 4.39 Å². The number of hydrogen-bond acceptors (Lipinski definition) is 5. The molecule has 7 heteroatoms. The molecule has 1 aromatic rings. The third-order valence-corrected chi connectivity index (χ3v) is 5.88. The van der Waals surface area contributed by atoms with E-state index in [-0.39, 0.29) is 11.9 Å². The molecule has 0 saturated carbocycles. The predicted octanol–water partition coefficient (Wildman–Crippen LogP) is 3.98. The van der Waals surface area contributed by atoms with Crippen LogP contribution in [0.4, 0.5) is 4.39 Å². The van der Waals surface area contributed by atoms with Crippen molar-refractivity contribution >= 4 is 5.97 Å². The monoisotopic (exact) mass is 404 g/mol. The molecule has 29 heavy (non-hydrogen) atoms. The SMILES string of the molecule is CCCC1(C(=O)O)C(CC(C)OC)NC(C)=C(C#N)C1c1ccc(F)cc1OC. The highest BCUT2D eigenvalue weighted by Gasteiger charge is 2.56. The molecular formula is C22H29FN2O4. The van der Waals surface area contributed by atoms with E-state index in [4.69, 9.17) is 9.47 Å². The van der Waals surface area contributed by atoms with Crippen molar-refractivity contribution < 1.29 is 23.8 Å². The average molecular weight is 404 g/mol. The van der Waals surface area contributed by atoms with Crippen molar-refractivity contribution in [3.63, 3.8) is 0 Å². The summed E-state index contributed by atoms with van der Waals surface area (Å²) in [6.45, 7) is 5.56. The maximum atomic E-state index is 13.8. The van der Waals surface area contributed by atoms with Crippen LogP contribution in [0.2, 0.25) is 0 Å². The van der Waals surface area contributed by atoms with Gasteiger partial charge in [0, 0.05) is 36.4 Å². The van der Waals surface area contributed by atoms with Gasteiger partial charge in [-0.3, -0.25) is 4.79 Å². The molecule has 1 heterocycles. The number of nitrogens with one attached hydrogen (secondary N) is 1. The highest BCUT2D eigenvalue weighted by molar-refractivity contribution is 5.80. The maximum Gasteiger partial charge on any atom is 0.312 e. The van der Waals surface area contributed by atoms with Crippen molar-refractivity contribution in [1.29, 1.82) is 5.26 Å². The van der Waals surface area contributed by atoms with E-state index in [0.29, 0.717) is 36.1 Å². The first kappa shape index (κ1) is 22.7. The fourth-order valence-corrected chi connectivity index (χ4v) is 4.46. The van der Waals surface area contributed by atoms with E-state index >= 15 is 0 Å². The first-order chi connectivity index (χ1) is 13.8. The Hall–Kier alpha value is -2.59. The van der Waals surface area contributed by atoms with Crippen molar-refractivity contribution in [1.82, 2.24) is 5.32 Å². The lowest BCUT2D eigenvalue weighted by atomic mass is 9.59. The van der Waals surface area contributed by atoms with E-state index in [1.807, 2.05) is 13.8 Å². The van der Waals surface area contributed by atoms with E-state index in [1.54, 1.807) is 14.0 Å². The zero-order valence-corrected chi connectivity index (χ0v) is 17.6. The van der Waals surface area contributed by atoms with Gasteiger partial charge >= 0.3 is 5.97 Å². The van der Waals surface area contributed by atoms with E-state index in [9.17, 15) is 19.6 Å². The molecule has 0 spiro atoms. The highest BCUT2D eigenvalue weighted by atomic mass is 19.1. The van der Waals surface area contributed by atoms with Gasteiger partial charge in [0.1, 0.15) is 11.6 Å². The van der Waals surface area contributed by atoms with Gasteiger partial charge in [-0.1, -0.05) is 19.4 Å². The summed E-state index contributed by atoms with van der Waals surface area (Å²) in [5.74, 6) is -2.04. The zero-order valence-electron chi connectivity index (χ0n) is 17.6. The van der Waals surface area contributed by atoms with Crippen LogP contribution in [0.5, 0.6) is 5.75 Å². The molecule has 4 unspecified atom stereocenters. The minimum absolute atomic E-state index is 0.185. The summed E-state index contributed by atoms with van der Waals surface area (Å²) < 4.78 is 24.6. The number of nitrogens with zero attached hydrogens (tertiary/aromatic N) is 1. The first-order valence-electron chi connectivity index (χ1n) is 9.73. The van der Waals surface area contributed by atoms with Crippen LogP contribution in [0.25, 0.3) is 0 Å². The lowest BCUT2D eigenvalue weighted by Crippen LogP contribution is -2.57. The van der Waals surface area contributed by atoms with Crippen molar-refractivity contribution in [2.75, 3.05) is 14.2 Å². The van der Waals surface area contributed by atoms with E-state index in [2.05, 4.69) is 11.4 Å². The largest absolute Gasteiger partial charge is 0.496 e. The summed E-state index contributed by atoms with van der Waals surface area (Å²) in [5.41, 5.74) is 0.117. The average Bonchev–Trinajstić information content (AvgIpc) is 2.69. The Morgan fingerprint density at radius 3 is 2.66 bits per heavy atom. The van der Waals surface area contributed by atoms with Gasteiger partial charge < -0.3 is 19.9 Å². The fraction of sp³-hybridized carbons (Fsp3) is 0.545. The number of carboxylic acids is 1. The van der Waals surface area contributed by atoms with Crippen LogP contribution in [0.3, 0.4) is 0 Å². The summed E-state index contributed by atoms with van der Waals surface area (Å²) in [4.78, 5) is 12.8. The number of methoxy groups -OCH3 is 2. The fourth-order valence-electron chi connectivity index (χ4n) is 4.46. The van der Waals surface area contributed by atoms with E-state index in [1.165, 1.54) is 25.3 Å². The van der Waals surface area contributed by atoms with Crippen molar-refractivity contribution in [2.24, 2.45) is 5.41 Å². The molecule has 0 bridgehead atoms. The van der Waals surface area contributed by atoms with Gasteiger partial charge in [-0.05, 0) is 32.8 Å². The Balaban J connectivity index is 2.83. The van der Waals surface area contributed by atoms with Crippen molar-refractivity contribution in [3.05, 3.63) is 40.8 Å². The Kier molecular flexibility index (Phi) is 7.26. The lowest BCUT2D eigenvalue weighted by molar-refractivity contribution is -0.154. The third-order valence-electron chi connectivity index (χ3n) is 5.88. The third kappa shape index (κ3) is 4.08. The van der Waals surface area contributed by atoms with Gasteiger partial charge in [0.25, 0.3) is 0 Å². The molecule has 2 rings (SSSR count). The number of halogens is 1. The number of carboxylic acid groups (broad SMARTS) is 1. The number of nitriles is 1. The molecule has 158 valence electrons. The lowest BCUT2D eigenvalue weighted by Gasteiger charge is -2.48. The Morgan fingerprint density at radius 1 is 1.45 bits per heavy atom. The summed E-state index contributed by atoms with van der Waals surface area (Å²) in [6.07, 6.45) is 1.19. The number of benzene rings is 1. The number of ether oxygens (including phenoxy) is 2. The molecule has 0 aromatic heterocycles. The predicted molar refractivity (Wildman–Crippen MR) is 107 cm³/mol. The number of hydrogen-bond donors (Lipinski definition) is 2. The molecule has 0 amide bonds. The number of carbonyl (C=O) groups is 1. The zero-order chi connectivity index (χ0) is 21.8. The van der Waals surface area contributed by atoms with Crippen LogP contribution >= 0.6 is 0 Å². The quantitative estimate of drug-likeness (QED) is 0.681. The minimum Gasteiger partial charge on any atom is -0.496 e. The van der Waals surface area contributed by atoms with Crippen LogP contribution in [0.15, 0.2) is 29.5 Å². The van der Waals surface area contributed by atoms with Crippen molar-refractivity contribution in [2.45, 2.75) is 58.1 Å². The molecule has 0 saturated heterocycles. The Bertz CT molecular complexity index is 833. The molecule has 0 aliphatic carbocycles. The molecule has 1 aromatic carbocycles. The molecular weight excluding hydrogens is 375 g/mol. The summed E-state index contributed by atoms with van der Waals surface area (Å²) in [6, 6.07) is 5.75. The van der Waals surface area contributed by atoms with Gasteiger partial charge in [0.2, 0.25) is 0 Å². The second-order valence-corrected chi connectivity index (χ2v) is 7.54. The molecule has 1 aliphatic heterocycles. The van der Waals surface area contributed by atoms with Crippen LogP contribution in [0, 0.1) is 22.6 Å². The summed E-state index contributed by atoms with van der Waals surface area (Å²) in [5, 5.41) is 23.7. The standard InChI is InChI=1S/C22H29FN2O4/c1-6-9-22(21(26)27)19(10-13(2)28-4)25-14(3)17(12-24)20(22)16-8-7-15(23)11-18(16)29-5/h7-8,11,13,19-20,25H,6,9-10H2,1-5H3,(H,26,27). The number of allylic oxidation sites excluding steroid dienone is 2. The van der Waals surface area contributed by atoms with E-state index < -0.39 is 29.2 Å². The topological polar surface area (TPSA) is 91.6 Å². The second kappa shape index (κ2) is 9.27. The Labute approximate surface area is 171 Å². The summed E-state index contributed by atoms with van der Waals surface area (Å²) >= 11 is 0. The van der Waals surface area contributed by atoms with Crippen LogP contribution in [-0.2, 0) is 9.53 Å². The molecule has 2 N–H and O–H groups in total. The van der Waals surface area contributed by atoms with E-state index in [0.717, 1.165) is 0 Å². The first-order valence-corrected chi connectivity index (χ1v) is 9.73. The van der Waals surface area contributed by atoms with Crippen LogP contribution in [0.1, 0.15) is 51.5 Å². The second-order valence-electron chi connectivity index (χ2n) is 7.54.